The fourth-order valence-corrected chi connectivity index (χ4v) is 1.28. The van der Waals surface area contributed by atoms with Gasteiger partial charge in [0.05, 0.1) is 0 Å². The summed E-state index contributed by atoms with van der Waals surface area (Å²) in [5.41, 5.74) is 6.48. The molecule has 0 aliphatic heterocycles. The first-order valence-corrected chi connectivity index (χ1v) is 4.48. The van der Waals surface area contributed by atoms with Crippen LogP contribution in [-0.2, 0) is 0 Å². The van der Waals surface area contributed by atoms with Gasteiger partial charge in [-0.3, -0.25) is 0 Å². The molecule has 3 heteroatoms. The Morgan fingerprint density at radius 1 is 1.31 bits per heavy atom. The van der Waals surface area contributed by atoms with E-state index in [1.165, 1.54) is 12.1 Å². The SMILES string of the molecule is CCN(CCN)c1ccc(F)cc1. The lowest BCUT2D eigenvalue weighted by atomic mass is 10.3. The standard InChI is InChI=1S/C10H15FN2/c1-2-13(8-7-12)10-5-3-9(11)4-6-10/h3-6H,2,7-8,12H2,1H3. The van der Waals surface area contributed by atoms with Crippen LogP contribution in [0, 0.1) is 5.82 Å². The lowest BCUT2D eigenvalue weighted by Gasteiger charge is -2.21. The zero-order valence-corrected chi connectivity index (χ0v) is 7.83. The largest absolute Gasteiger partial charge is 0.371 e. The number of nitrogens with two attached hydrogens (primary N) is 1. The first-order chi connectivity index (χ1) is 6.27. The zero-order valence-electron chi connectivity index (χ0n) is 7.83. The van der Waals surface area contributed by atoms with E-state index in [0.717, 1.165) is 18.8 Å². The summed E-state index contributed by atoms with van der Waals surface area (Å²) in [7, 11) is 0. The molecule has 72 valence electrons. The van der Waals surface area contributed by atoms with E-state index in [0.29, 0.717) is 6.54 Å². The zero-order chi connectivity index (χ0) is 9.68. The van der Waals surface area contributed by atoms with Crippen molar-refractivity contribution >= 4 is 5.69 Å². The number of nitrogens with zero attached hydrogens (tertiary/aromatic N) is 1. The number of anilines is 1. The van der Waals surface area contributed by atoms with Crippen LogP contribution >= 0.6 is 0 Å². The van der Waals surface area contributed by atoms with E-state index in [-0.39, 0.29) is 5.82 Å². The molecule has 13 heavy (non-hydrogen) atoms. The van der Waals surface area contributed by atoms with Gasteiger partial charge in [0.1, 0.15) is 5.82 Å². The van der Waals surface area contributed by atoms with Gasteiger partial charge in [-0.05, 0) is 31.2 Å². The van der Waals surface area contributed by atoms with E-state index in [4.69, 9.17) is 5.73 Å². The second kappa shape index (κ2) is 4.82. The average molecular weight is 182 g/mol. The number of hydrogen-bond donors (Lipinski definition) is 1. The highest BCUT2D eigenvalue weighted by Gasteiger charge is 2.01. The van der Waals surface area contributed by atoms with Crippen molar-refractivity contribution in [3.8, 4) is 0 Å². The molecule has 0 aliphatic carbocycles. The van der Waals surface area contributed by atoms with Crippen LogP contribution in [-0.4, -0.2) is 19.6 Å². The molecule has 0 fully saturated rings. The van der Waals surface area contributed by atoms with Crippen molar-refractivity contribution < 1.29 is 4.39 Å². The highest BCUT2D eigenvalue weighted by Crippen LogP contribution is 2.13. The van der Waals surface area contributed by atoms with Crippen LogP contribution in [0.5, 0.6) is 0 Å². The highest BCUT2D eigenvalue weighted by atomic mass is 19.1. The number of benzene rings is 1. The molecule has 1 aromatic carbocycles. The fourth-order valence-electron chi connectivity index (χ4n) is 1.28. The quantitative estimate of drug-likeness (QED) is 0.766. The summed E-state index contributed by atoms with van der Waals surface area (Å²) in [4.78, 5) is 2.11. The Labute approximate surface area is 78.2 Å². The van der Waals surface area contributed by atoms with Crippen molar-refractivity contribution in [1.29, 1.82) is 0 Å². The first-order valence-electron chi connectivity index (χ1n) is 4.48. The van der Waals surface area contributed by atoms with Gasteiger partial charge in [-0.15, -0.1) is 0 Å². The molecule has 0 aliphatic rings. The molecule has 1 aromatic rings. The van der Waals surface area contributed by atoms with Crippen molar-refractivity contribution in [3.05, 3.63) is 30.1 Å². The van der Waals surface area contributed by atoms with Gasteiger partial charge in [-0.1, -0.05) is 0 Å². The molecule has 0 radical (unpaired) electrons. The van der Waals surface area contributed by atoms with Crippen LogP contribution in [0.4, 0.5) is 10.1 Å². The maximum absolute atomic E-state index is 12.6. The van der Waals surface area contributed by atoms with Crippen molar-refractivity contribution in [1.82, 2.24) is 0 Å². The topological polar surface area (TPSA) is 29.3 Å². The van der Waals surface area contributed by atoms with Gasteiger partial charge in [-0.2, -0.15) is 0 Å². The van der Waals surface area contributed by atoms with Crippen LogP contribution in [0.25, 0.3) is 0 Å². The van der Waals surface area contributed by atoms with Crippen LogP contribution in [0.2, 0.25) is 0 Å². The van der Waals surface area contributed by atoms with Gasteiger partial charge < -0.3 is 10.6 Å². The number of likely N-dealkylation sites (N-methyl/N-ethyl adjacent to an activating group) is 1. The highest BCUT2D eigenvalue weighted by molar-refractivity contribution is 5.45. The van der Waals surface area contributed by atoms with Crippen molar-refractivity contribution in [3.63, 3.8) is 0 Å². The molecule has 0 unspecified atom stereocenters. The van der Waals surface area contributed by atoms with Gasteiger partial charge >= 0.3 is 0 Å². The first kappa shape index (κ1) is 9.99. The third kappa shape index (κ3) is 2.70. The van der Waals surface area contributed by atoms with E-state index in [9.17, 15) is 4.39 Å². The molecular weight excluding hydrogens is 167 g/mol. The molecule has 1 rings (SSSR count). The van der Waals surface area contributed by atoms with Crippen molar-refractivity contribution in [2.45, 2.75) is 6.92 Å². The molecule has 0 heterocycles. The van der Waals surface area contributed by atoms with Crippen LogP contribution in [0.1, 0.15) is 6.92 Å². The Morgan fingerprint density at radius 2 is 1.92 bits per heavy atom. The third-order valence-corrected chi connectivity index (χ3v) is 1.97. The summed E-state index contributed by atoms with van der Waals surface area (Å²) in [5, 5.41) is 0. The Hall–Kier alpha value is -1.09. The van der Waals surface area contributed by atoms with E-state index >= 15 is 0 Å². The molecule has 0 amide bonds. The molecular formula is C10H15FN2. The summed E-state index contributed by atoms with van der Waals surface area (Å²) in [6.07, 6.45) is 0. The predicted molar refractivity (Wildman–Crippen MR) is 53.3 cm³/mol. The van der Waals surface area contributed by atoms with E-state index in [2.05, 4.69) is 11.8 Å². The number of halogens is 1. The number of hydrogen-bond acceptors (Lipinski definition) is 2. The summed E-state index contributed by atoms with van der Waals surface area (Å²) < 4.78 is 12.6. The normalized spacial score (nSPS) is 10.1. The van der Waals surface area contributed by atoms with Gasteiger partial charge in [0.2, 0.25) is 0 Å². The number of rotatable bonds is 4. The summed E-state index contributed by atoms with van der Waals surface area (Å²) >= 11 is 0. The lowest BCUT2D eigenvalue weighted by molar-refractivity contribution is 0.627. The lowest BCUT2D eigenvalue weighted by Crippen LogP contribution is -2.28. The molecule has 2 N–H and O–H groups in total. The molecule has 0 aromatic heterocycles. The molecule has 0 spiro atoms. The second-order valence-corrected chi connectivity index (χ2v) is 2.84. The minimum Gasteiger partial charge on any atom is -0.371 e. The van der Waals surface area contributed by atoms with Crippen LogP contribution in [0.3, 0.4) is 0 Å². The van der Waals surface area contributed by atoms with Crippen LogP contribution < -0.4 is 10.6 Å². The summed E-state index contributed by atoms with van der Waals surface area (Å²) in [6, 6.07) is 6.48. The maximum Gasteiger partial charge on any atom is 0.123 e. The third-order valence-electron chi connectivity index (χ3n) is 1.97. The van der Waals surface area contributed by atoms with Crippen LogP contribution in [0.15, 0.2) is 24.3 Å². The maximum atomic E-state index is 12.6. The Bertz CT molecular complexity index is 246. The smallest absolute Gasteiger partial charge is 0.123 e. The van der Waals surface area contributed by atoms with E-state index < -0.39 is 0 Å². The molecule has 0 saturated heterocycles. The predicted octanol–water partition coefficient (Wildman–Crippen LogP) is 1.61. The second-order valence-electron chi connectivity index (χ2n) is 2.84. The van der Waals surface area contributed by atoms with Gasteiger partial charge in [0.25, 0.3) is 0 Å². The Kier molecular flexibility index (Phi) is 3.71. The van der Waals surface area contributed by atoms with Gasteiger partial charge in [0.15, 0.2) is 0 Å². The minimum absolute atomic E-state index is 0.201. The van der Waals surface area contributed by atoms with Crippen molar-refractivity contribution in [2.75, 3.05) is 24.5 Å². The molecule has 0 saturated carbocycles. The average Bonchev–Trinajstić information content (AvgIpc) is 2.16. The molecule has 0 atom stereocenters. The van der Waals surface area contributed by atoms with Gasteiger partial charge in [-0.25, -0.2) is 4.39 Å². The minimum atomic E-state index is -0.201. The monoisotopic (exact) mass is 182 g/mol. The van der Waals surface area contributed by atoms with E-state index in [1.54, 1.807) is 12.1 Å². The van der Waals surface area contributed by atoms with E-state index in [1.807, 2.05) is 0 Å². The Morgan fingerprint density at radius 3 is 2.38 bits per heavy atom. The summed E-state index contributed by atoms with van der Waals surface area (Å²) in [5.74, 6) is -0.201. The molecule has 2 nitrogen and oxygen atoms in total. The summed E-state index contributed by atoms with van der Waals surface area (Å²) in [6.45, 7) is 4.37. The van der Waals surface area contributed by atoms with Gasteiger partial charge in [0, 0.05) is 25.3 Å². The molecule has 0 bridgehead atoms. The van der Waals surface area contributed by atoms with Crippen molar-refractivity contribution in [2.24, 2.45) is 5.73 Å². The fraction of sp³-hybridized carbons (Fsp3) is 0.400. The Balaban J connectivity index is 2.73.